The molecule has 0 bridgehead atoms. The second-order valence-corrected chi connectivity index (χ2v) is 7.66. The highest BCUT2D eigenvalue weighted by molar-refractivity contribution is 6.30. The first-order chi connectivity index (χ1) is 12.2. The molecular weight excluding hydrogens is 332 g/mol. The minimum absolute atomic E-state index is 0.462. The Morgan fingerprint density at radius 1 is 1.08 bits per heavy atom. The van der Waals surface area contributed by atoms with Gasteiger partial charge >= 0.3 is 0 Å². The molecule has 4 nitrogen and oxygen atoms in total. The van der Waals surface area contributed by atoms with Crippen molar-refractivity contribution in [1.82, 2.24) is 14.9 Å². The molecule has 1 aromatic carbocycles. The normalized spacial score (nSPS) is 19.1. The van der Waals surface area contributed by atoms with Crippen molar-refractivity contribution in [2.45, 2.75) is 51.1 Å². The van der Waals surface area contributed by atoms with Gasteiger partial charge < -0.3 is 5.32 Å². The maximum atomic E-state index is 6.32. The summed E-state index contributed by atoms with van der Waals surface area (Å²) in [5, 5.41) is 4.23. The smallest absolute Gasteiger partial charge is 0.137 e. The number of hydrogen-bond donors (Lipinski definition) is 1. The van der Waals surface area contributed by atoms with Crippen molar-refractivity contribution < 1.29 is 0 Å². The molecule has 0 atom stereocenters. The zero-order valence-corrected chi connectivity index (χ0v) is 15.5. The Kier molecular flexibility index (Phi) is 4.91. The summed E-state index contributed by atoms with van der Waals surface area (Å²) < 4.78 is 0. The van der Waals surface area contributed by atoms with Crippen molar-refractivity contribution in [3.63, 3.8) is 0 Å². The predicted octanol–water partition coefficient (Wildman–Crippen LogP) is 4.39. The van der Waals surface area contributed by atoms with E-state index in [-0.39, 0.29) is 0 Å². The molecule has 132 valence electrons. The molecule has 2 heterocycles. The van der Waals surface area contributed by atoms with Crippen molar-refractivity contribution >= 4 is 17.4 Å². The van der Waals surface area contributed by atoms with Crippen LogP contribution in [-0.2, 0) is 6.54 Å². The van der Waals surface area contributed by atoms with Crippen molar-refractivity contribution in [2.24, 2.45) is 0 Å². The van der Waals surface area contributed by atoms with Gasteiger partial charge in [-0.25, -0.2) is 9.97 Å². The van der Waals surface area contributed by atoms with Crippen LogP contribution in [0.25, 0.3) is 0 Å². The van der Waals surface area contributed by atoms with E-state index in [0.29, 0.717) is 17.1 Å². The number of nitrogens with zero attached hydrogens (tertiary/aromatic N) is 3. The Hall–Kier alpha value is -1.65. The van der Waals surface area contributed by atoms with Gasteiger partial charge in [-0.05, 0) is 38.2 Å². The second-order valence-electron chi connectivity index (χ2n) is 7.30. The fraction of sp³-hybridized carbons (Fsp3) is 0.500. The van der Waals surface area contributed by atoms with E-state index in [0.717, 1.165) is 49.7 Å². The zero-order chi connectivity index (χ0) is 17.2. The number of anilines is 1. The van der Waals surface area contributed by atoms with Gasteiger partial charge in [0.05, 0.1) is 0 Å². The molecule has 0 amide bonds. The molecule has 1 saturated heterocycles. The third-order valence-electron chi connectivity index (χ3n) is 5.22. The highest BCUT2D eigenvalue weighted by Crippen LogP contribution is 2.39. The lowest BCUT2D eigenvalue weighted by atomic mass is 10.0. The molecule has 25 heavy (non-hydrogen) atoms. The lowest BCUT2D eigenvalue weighted by Crippen LogP contribution is -2.39. The summed E-state index contributed by atoms with van der Waals surface area (Å²) in [6, 6.07) is 11.2. The first-order valence-electron chi connectivity index (χ1n) is 9.26. The minimum Gasteiger partial charge on any atom is -0.367 e. The summed E-state index contributed by atoms with van der Waals surface area (Å²) >= 11 is 6.32. The van der Waals surface area contributed by atoms with Crippen molar-refractivity contribution in [3.8, 4) is 0 Å². The Bertz CT molecular complexity index is 722. The molecule has 1 aliphatic carbocycles. The molecule has 1 saturated carbocycles. The van der Waals surface area contributed by atoms with Crippen molar-refractivity contribution in [3.05, 3.63) is 52.4 Å². The summed E-state index contributed by atoms with van der Waals surface area (Å²) in [6.45, 7) is 5.27. The van der Waals surface area contributed by atoms with Gasteiger partial charge in [0.15, 0.2) is 0 Å². The summed E-state index contributed by atoms with van der Waals surface area (Å²) in [4.78, 5) is 11.7. The average molecular weight is 357 g/mol. The molecular formula is C20H25ClN4. The molecule has 2 fully saturated rings. The van der Waals surface area contributed by atoms with Crippen LogP contribution in [0.2, 0.25) is 5.15 Å². The number of nitrogens with one attached hydrogen (secondary N) is 1. The molecule has 0 radical (unpaired) electrons. The van der Waals surface area contributed by atoms with Crippen molar-refractivity contribution in [1.29, 1.82) is 0 Å². The van der Waals surface area contributed by atoms with Gasteiger partial charge in [-0.3, -0.25) is 4.90 Å². The first kappa shape index (κ1) is 16.8. The molecule has 2 aromatic rings. The van der Waals surface area contributed by atoms with Crippen LogP contribution in [0, 0.1) is 6.92 Å². The van der Waals surface area contributed by atoms with Gasteiger partial charge in [-0.1, -0.05) is 41.9 Å². The van der Waals surface area contributed by atoms with E-state index in [1.165, 1.54) is 18.4 Å². The monoisotopic (exact) mass is 356 g/mol. The van der Waals surface area contributed by atoms with Crippen LogP contribution in [0.5, 0.6) is 0 Å². The quantitative estimate of drug-likeness (QED) is 0.806. The van der Waals surface area contributed by atoms with Gasteiger partial charge in [0.2, 0.25) is 0 Å². The highest BCUT2D eigenvalue weighted by Gasteiger charge is 2.28. The summed E-state index contributed by atoms with van der Waals surface area (Å²) in [7, 11) is 0. The number of benzene rings is 1. The SMILES string of the molecule is Cc1c(Cl)nc(C2CC2)nc1NC1CCN(Cc2ccccc2)CC1. The summed E-state index contributed by atoms with van der Waals surface area (Å²) in [5.41, 5.74) is 2.36. The van der Waals surface area contributed by atoms with Crippen molar-refractivity contribution in [2.75, 3.05) is 18.4 Å². The van der Waals surface area contributed by atoms with Crippen LogP contribution in [0.1, 0.15) is 48.6 Å². The van der Waals surface area contributed by atoms with E-state index in [4.69, 9.17) is 16.6 Å². The Labute approximate surface area is 154 Å². The molecule has 1 aromatic heterocycles. The number of likely N-dealkylation sites (tertiary alicyclic amines) is 1. The van der Waals surface area contributed by atoms with E-state index in [9.17, 15) is 0 Å². The molecule has 1 N–H and O–H groups in total. The van der Waals surface area contributed by atoms with Gasteiger partial charge in [-0.15, -0.1) is 0 Å². The number of rotatable bonds is 5. The summed E-state index contributed by atoms with van der Waals surface area (Å²) in [6.07, 6.45) is 4.65. The minimum atomic E-state index is 0.462. The molecule has 2 aliphatic rings. The van der Waals surface area contributed by atoms with E-state index in [1.54, 1.807) is 0 Å². The van der Waals surface area contributed by atoms with Gasteiger partial charge in [0, 0.05) is 37.2 Å². The zero-order valence-electron chi connectivity index (χ0n) is 14.7. The number of aromatic nitrogens is 2. The van der Waals surface area contributed by atoms with Crippen LogP contribution >= 0.6 is 11.6 Å². The summed E-state index contributed by atoms with van der Waals surface area (Å²) in [5.74, 6) is 2.37. The van der Waals surface area contributed by atoms with Crippen LogP contribution in [0.3, 0.4) is 0 Å². The largest absolute Gasteiger partial charge is 0.367 e. The maximum absolute atomic E-state index is 6.32. The maximum Gasteiger partial charge on any atom is 0.137 e. The highest BCUT2D eigenvalue weighted by atomic mass is 35.5. The topological polar surface area (TPSA) is 41.1 Å². The lowest BCUT2D eigenvalue weighted by molar-refractivity contribution is 0.211. The number of halogens is 1. The number of hydrogen-bond acceptors (Lipinski definition) is 4. The number of piperidine rings is 1. The Morgan fingerprint density at radius 2 is 1.80 bits per heavy atom. The predicted molar refractivity (Wildman–Crippen MR) is 102 cm³/mol. The molecule has 4 rings (SSSR count). The molecule has 5 heteroatoms. The third-order valence-corrected chi connectivity index (χ3v) is 5.59. The van der Waals surface area contributed by atoms with Crippen LogP contribution in [0.4, 0.5) is 5.82 Å². The van der Waals surface area contributed by atoms with Crippen LogP contribution in [-0.4, -0.2) is 34.0 Å². The van der Waals surface area contributed by atoms with E-state index >= 15 is 0 Å². The molecule has 1 aliphatic heterocycles. The third kappa shape index (κ3) is 4.13. The molecule has 0 spiro atoms. The standard InChI is InChI=1S/C20H25ClN4/c1-14-18(21)23-20(16-7-8-16)24-19(14)22-17-9-11-25(12-10-17)13-15-5-3-2-4-6-15/h2-6,16-17H,7-13H2,1H3,(H,22,23,24). The van der Waals surface area contributed by atoms with E-state index in [2.05, 4.69) is 45.5 Å². The fourth-order valence-corrected chi connectivity index (χ4v) is 3.62. The Balaban J connectivity index is 1.35. The Morgan fingerprint density at radius 3 is 2.48 bits per heavy atom. The van der Waals surface area contributed by atoms with Gasteiger partial charge in [0.1, 0.15) is 16.8 Å². The first-order valence-corrected chi connectivity index (χ1v) is 9.63. The average Bonchev–Trinajstić information content (AvgIpc) is 3.46. The second kappa shape index (κ2) is 7.30. The fourth-order valence-electron chi connectivity index (χ4n) is 3.44. The molecule has 0 unspecified atom stereocenters. The van der Waals surface area contributed by atoms with E-state index in [1.807, 2.05) is 6.92 Å². The van der Waals surface area contributed by atoms with Gasteiger partial charge in [0.25, 0.3) is 0 Å². The van der Waals surface area contributed by atoms with E-state index < -0.39 is 0 Å². The lowest BCUT2D eigenvalue weighted by Gasteiger charge is -2.33. The van der Waals surface area contributed by atoms with Crippen LogP contribution < -0.4 is 5.32 Å². The van der Waals surface area contributed by atoms with Crippen LogP contribution in [0.15, 0.2) is 30.3 Å². The van der Waals surface area contributed by atoms with Gasteiger partial charge in [-0.2, -0.15) is 0 Å².